The molecule has 0 aliphatic carbocycles. The lowest BCUT2D eigenvalue weighted by molar-refractivity contribution is 0.227. The molecule has 0 saturated carbocycles. The summed E-state index contributed by atoms with van der Waals surface area (Å²) < 4.78 is 7.89. The van der Waals surface area contributed by atoms with Crippen molar-refractivity contribution in [3.05, 3.63) is 47.2 Å². The van der Waals surface area contributed by atoms with Crippen LogP contribution in [0, 0.1) is 6.92 Å². The number of aryl methyl sites for hydroxylation is 2. The Morgan fingerprint density at radius 3 is 2.82 bits per heavy atom. The van der Waals surface area contributed by atoms with Crippen LogP contribution in [0.2, 0.25) is 0 Å². The largest absolute Gasteiger partial charge is 0.459 e. The van der Waals surface area contributed by atoms with Crippen LogP contribution < -0.4 is 10.6 Å². The van der Waals surface area contributed by atoms with Crippen LogP contribution in [-0.2, 0) is 13.0 Å². The van der Waals surface area contributed by atoms with Crippen LogP contribution in [0.3, 0.4) is 0 Å². The van der Waals surface area contributed by atoms with Crippen molar-refractivity contribution in [3.63, 3.8) is 0 Å². The minimum absolute atomic E-state index is 0.0400. The molecule has 0 spiro atoms. The number of aromatic nitrogens is 3. The van der Waals surface area contributed by atoms with Crippen LogP contribution in [0.5, 0.6) is 0 Å². The average molecular weight is 381 g/mol. The van der Waals surface area contributed by atoms with E-state index in [-0.39, 0.29) is 18.1 Å². The number of fused-ring (bicyclic) bond motifs is 2. The number of hydrogen-bond donors (Lipinski definition) is 2. The summed E-state index contributed by atoms with van der Waals surface area (Å²) in [6.45, 7) is 8.80. The molecule has 0 saturated heterocycles. The smallest absolute Gasteiger partial charge is 0.315 e. The highest BCUT2D eigenvalue weighted by atomic mass is 16.3. The van der Waals surface area contributed by atoms with Crippen molar-refractivity contribution in [2.24, 2.45) is 0 Å². The van der Waals surface area contributed by atoms with Crippen LogP contribution in [0.15, 0.2) is 28.7 Å². The summed E-state index contributed by atoms with van der Waals surface area (Å²) in [7, 11) is 0. The van der Waals surface area contributed by atoms with Crippen molar-refractivity contribution in [1.82, 2.24) is 25.4 Å². The normalized spacial score (nSPS) is 17.5. The highest BCUT2D eigenvalue weighted by Crippen LogP contribution is 2.29. The maximum Gasteiger partial charge on any atom is 0.315 e. The average Bonchev–Trinajstić information content (AvgIpc) is 3.23. The SMILES string of the molecule is Cc1c(C(C)NC(=O)NC2CCc3nc(C(C)C)nn3C2)oc2ccccc12. The molecule has 1 aromatic carbocycles. The first-order valence-corrected chi connectivity index (χ1v) is 9.91. The third-order valence-corrected chi connectivity index (χ3v) is 5.35. The second-order valence-electron chi connectivity index (χ2n) is 7.89. The Balaban J connectivity index is 1.39. The number of nitrogens with zero attached hydrogens (tertiary/aromatic N) is 3. The predicted molar refractivity (Wildman–Crippen MR) is 107 cm³/mol. The monoisotopic (exact) mass is 381 g/mol. The van der Waals surface area contributed by atoms with Gasteiger partial charge in [0.05, 0.1) is 18.6 Å². The Hall–Kier alpha value is -2.83. The zero-order valence-corrected chi connectivity index (χ0v) is 16.8. The number of amides is 2. The summed E-state index contributed by atoms with van der Waals surface area (Å²) in [5.41, 5.74) is 1.91. The molecule has 28 heavy (non-hydrogen) atoms. The molecule has 0 bridgehead atoms. The Morgan fingerprint density at radius 1 is 1.29 bits per heavy atom. The first-order chi connectivity index (χ1) is 13.4. The van der Waals surface area contributed by atoms with E-state index in [4.69, 9.17) is 4.42 Å². The maximum atomic E-state index is 12.5. The third kappa shape index (κ3) is 3.48. The topological polar surface area (TPSA) is 85.0 Å². The highest BCUT2D eigenvalue weighted by molar-refractivity contribution is 5.82. The molecule has 2 N–H and O–H groups in total. The van der Waals surface area contributed by atoms with E-state index in [1.54, 1.807) is 0 Å². The number of furan rings is 1. The molecule has 1 aliphatic heterocycles. The van der Waals surface area contributed by atoms with E-state index in [1.165, 1.54) is 0 Å². The first kappa shape index (κ1) is 18.5. The minimum Gasteiger partial charge on any atom is -0.459 e. The molecule has 7 heteroatoms. The third-order valence-electron chi connectivity index (χ3n) is 5.35. The van der Waals surface area contributed by atoms with E-state index in [2.05, 4.69) is 34.6 Å². The molecule has 148 valence electrons. The van der Waals surface area contributed by atoms with Gasteiger partial charge in [0.1, 0.15) is 17.2 Å². The van der Waals surface area contributed by atoms with Gasteiger partial charge in [0, 0.05) is 23.3 Å². The van der Waals surface area contributed by atoms with Crippen LogP contribution in [0.4, 0.5) is 4.79 Å². The van der Waals surface area contributed by atoms with Gasteiger partial charge < -0.3 is 15.1 Å². The number of rotatable bonds is 4. The van der Waals surface area contributed by atoms with Crippen molar-refractivity contribution < 1.29 is 9.21 Å². The lowest BCUT2D eigenvalue weighted by Crippen LogP contribution is -2.46. The van der Waals surface area contributed by atoms with Gasteiger partial charge >= 0.3 is 6.03 Å². The highest BCUT2D eigenvalue weighted by Gasteiger charge is 2.25. The van der Waals surface area contributed by atoms with Crippen LogP contribution in [0.25, 0.3) is 11.0 Å². The van der Waals surface area contributed by atoms with Gasteiger partial charge in [-0.15, -0.1) is 0 Å². The predicted octanol–water partition coefficient (Wildman–Crippen LogP) is 3.83. The molecule has 0 fully saturated rings. The van der Waals surface area contributed by atoms with Crippen molar-refractivity contribution >= 4 is 17.0 Å². The number of carbonyl (C=O) groups is 1. The van der Waals surface area contributed by atoms with Gasteiger partial charge in [-0.3, -0.25) is 0 Å². The number of nitrogens with one attached hydrogen (secondary N) is 2. The molecule has 3 heterocycles. The van der Waals surface area contributed by atoms with E-state index >= 15 is 0 Å². The number of hydrogen-bond acceptors (Lipinski definition) is 4. The molecule has 4 rings (SSSR count). The summed E-state index contributed by atoms with van der Waals surface area (Å²) in [4.78, 5) is 17.1. The second-order valence-corrected chi connectivity index (χ2v) is 7.89. The number of para-hydroxylation sites is 1. The van der Waals surface area contributed by atoms with Gasteiger partial charge in [-0.25, -0.2) is 14.5 Å². The zero-order valence-electron chi connectivity index (χ0n) is 16.8. The molecular formula is C21H27N5O2. The summed E-state index contributed by atoms with van der Waals surface area (Å²) in [6, 6.07) is 7.56. The van der Waals surface area contributed by atoms with Crippen molar-refractivity contribution in [3.8, 4) is 0 Å². The molecule has 2 aromatic heterocycles. The van der Waals surface area contributed by atoms with Gasteiger partial charge in [-0.05, 0) is 26.3 Å². The van der Waals surface area contributed by atoms with E-state index in [1.807, 2.05) is 42.8 Å². The molecule has 1 aliphatic rings. The number of carbonyl (C=O) groups excluding carboxylic acids is 1. The molecule has 0 radical (unpaired) electrons. The number of benzene rings is 1. The Morgan fingerprint density at radius 2 is 2.07 bits per heavy atom. The molecule has 3 aromatic rings. The lowest BCUT2D eigenvalue weighted by Gasteiger charge is -2.24. The molecule has 2 amide bonds. The fourth-order valence-electron chi connectivity index (χ4n) is 3.79. The minimum atomic E-state index is -0.217. The van der Waals surface area contributed by atoms with E-state index in [0.29, 0.717) is 12.5 Å². The first-order valence-electron chi connectivity index (χ1n) is 9.91. The van der Waals surface area contributed by atoms with Gasteiger partial charge in [0.15, 0.2) is 5.82 Å². The number of urea groups is 1. The summed E-state index contributed by atoms with van der Waals surface area (Å²) >= 11 is 0. The Kier molecular flexibility index (Phi) is 4.83. The lowest BCUT2D eigenvalue weighted by atomic mass is 10.1. The standard InChI is InChI=1S/C21H27N5O2/c1-12(2)20-24-18-10-9-15(11-26(18)25-20)23-21(27)22-14(4)19-13(3)16-7-5-6-8-17(16)28-19/h5-8,12,14-15H,9-11H2,1-4H3,(H2,22,23,27). The molecule has 7 nitrogen and oxygen atoms in total. The van der Waals surface area contributed by atoms with E-state index in [0.717, 1.165) is 46.8 Å². The second kappa shape index (κ2) is 7.30. The van der Waals surface area contributed by atoms with E-state index < -0.39 is 0 Å². The zero-order chi connectivity index (χ0) is 19.8. The maximum absolute atomic E-state index is 12.5. The Labute approximate surface area is 164 Å². The van der Waals surface area contributed by atoms with Gasteiger partial charge in [0.25, 0.3) is 0 Å². The van der Waals surface area contributed by atoms with E-state index in [9.17, 15) is 4.79 Å². The summed E-state index contributed by atoms with van der Waals surface area (Å²) in [5.74, 6) is 2.98. The van der Waals surface area contributed by atoms with Gasteiger partial charge in [0.2, 0.25) is 0 Å². The Bertz CT molecular complexity index is 1000. The van der Waals surface area contributed by atoms with Crippen LogP contribution >= 0.6 is 0 Å². The molecular weight excluding hydrogens is 354 g/mol. The van der Waals surface area contributed by atoms with Crippen LogP contribution in [0.1, 0.15) is 62.1 Å². The van der Waals surface area contributed by atoms with Gasteiger partial charge in [-0.2, -0.15) is 5.10 Å². The fourth-order valence-corrected chi connectivity index (χ4v) is 3.79. The van der Waals surface area contributed by atoms with Crippen molar-refractivity contribution in [1.29, 1.82) is 0 Å². The summed E-state index contributed by atoms with van der Waals surface area (Å²) in [5, 5.41) is 11.7. The van der Waals surface area contributed by atoms with Crippen molar-refractivity contribution in [2.45, 2.75) is 65.1 Å². The van der Waals surface area contributed by atoms with Crippen molar-refractivity contribution in [2.75, 3.05) is 0 Å². The molecule has 2 unspecified atom stereocenters. The quantitative estimate of drug-likeness (QED) is 0.719. The van der Waals surface area contributed by atoms with Crippen LogP contribution in [-0.4, -0.2) is 26.8 Å². The fraction of sp³-hybridized carbons (Fsp3) is 0.476. The van der Waals surface area contributed by atoms with Gasteiger partial charge in [-0.1, -0.05) is 32.0 Å². The summed E-state index contributed by atoms with van der Waals surface area (Å²) in [6.07, 6.45) is 1.69. The molecule has 2 atom stereocenters.